The minimum Gasteiger partial charge on any atom is -0.427 e. The molecule has 2 aliphatic rings. The summed E-state index contributed by atoms with van der Waals surface area (Å²) in [5.41, 5.74) is -0.749. The summed E-state index contributed by atoms with van der Waals surface area (Å²) < 4.78 is 33.0. The van der Waals surface area contributed by atoms with Gasteiger partial charge in [-0.2, -0.15) is 0 Å². The number of rotatable bonds is 3. The van der Waals surface area contributed by atoms with E-state index in [9.17, 15) is 22.8 Å². The fourth-order valence-corrected chi connectivity index (χ4v) is 4.77. The molecule has 2 saturated heterocycles. The second kappa shape index (κ2) is 5.19. The lowest BCUT2D eigenvalue weighted by Crippen LogP contribution is -2.57. The molecule has 0 aromatic rings. The molecule has 2 rings (SSSR count). The second-order valence-electron chi connectivity index (χ2n) is 7.27. The normalized spacial score (nSPS) is 27.9. The molecule has 9 heteroatoms. The number of hydrogen-bond acceptors (Lipinski definition) is 7. The van der Waals surface area contributed by atoms with Crippen LogP contribution in [0, 0.1) is 5.41 Å². The Morgan fingerprint density at radius 1 is 1.26 bits per heavy atom. The Hall–Kier alpha value is -1.64. The SMILES string of the molecule is CC(C)(C)C(=O)OCOC(=O)C1N2C(=O)CC2S(=O)(=O)C1(C)C. The number of nitrogens with zero attached hydrogens (tertiary/aromatic N) is 1. The number of ether oxygens (including phenoxy) is 2. The van der Waals surface area contributed by atoms with E-state index in [1.54, 1.807) is 20.8 Å². The van der Waals surface area contributed by atoms with E-state index in [0.29, 0.717) is 0 Å². The maximum Gasteiger partial charge on any atom is 0.333 e. The molecule has 0 bridgehead atoms. The Kier molecular flexibility index (Phi) is 3.99. The van der Waals surface area contributed by atoms with E-state index in [0.717, 1.165) is 4.90 Å². The Bertz CT molecular complexity index is 659. The average molecular weight is 347 g/mol. The van der Waals surface area contributed by atoms with Crippen LogP contribution in [0.2, 0.25) is 0 Å². The molecular weight excluding hydrogens is 326 g/mol. The Balaban J connectivity index is 2.07. The number of β-lactam (4-membered cyclic amide) rings is 1. The van der Waals surface area contributed by atoms with Gasteiger partial charge < -0.3 is 14.4 Å². The number of fused-ring (bicyclic) bond motifs is 1. The molecule has 0 saturated carbocycles. The van der Waals surface area contributed by atoms with Gasteiger partial charge >= 0.3 is 11.9 Å². The summed E-state index contributed by atoms with van der Waals surface area (Å²) in [6.07, 6.45) is -0.117. The molecule has 0 aromatic carbocycles. The standard InChI is InChI=1S/C14H21NO7S/c1-13(2,3)12(18)22-7-21-11(17)10-14(4,5)23(19,20)9-6-8(16)15(9)10/h9-10H,6-7H2,1-5H3. The smallest absolute Gasteiger partial charge is 0.333 e. The molecule has 0 aliphatic carbocycles. The van der Waals surface area contributed by atoms with Gasteiger partial charge in [-0.05, 0) is 34.6 Å². The molecule has 2 atom stereocenters. The molecule has 0 N–H and O–H groups in total. The van der Waals surface area contributed by atoms with Gasteiger partial charge in [0.05, 0.1) is 16.6 Å². The Morgan fingerprint density at radius 2 is 1.83 bits per heavy atom. The minimum atomic E-state index is -3.66. The maximum atomic E-state index is 12.4. The van der Waals surface area contributed by atoms with Crippen LogP contribution in [0.25, 0.3) is 0 Å². The van der Waals surface area contributed by atoms with Crippen LogP contribution in [0.1, 0.15) is 41.0 Å². The van der Waals surface area contributed by atoms with Gasteiger partial charge in [0.1, 0.15) is 11.4 Å². The molecule has 0 radical (unpaired) electrons. The number of carbonyl (C=O) groups is 3. The summed E-state index contributed by atoms with van der Waals surface area (Å²) in [6.45, 7) is 7.10. The number of hydrogen-bond donors (Lipinski definition) is 0. The third kappa shape index (κ3) is 2.60. The second-order valence-corrected chi connectivity index (χ2v) is 9.96. The first-order valence-corrected chi connectivity index (χ1v) is 8.75. The lowest BCUT2D eigenvalue weighted by atomic mass is 9.97. The zero-order valence-corrected chi connectivity index (χ0v) is 14.6. The molecule has 0 aromatic heterocycles. The van der Waals surface area contributed by atoms with Gasteiger partial charge in [0, 0.05) is 0 Å². The van der Waals surface area contributed by atoms with Gasteiger partial charge in [-0.3, -0.25) is 9.59 Å². The zero-order chi connectivity index (χ0) is 17.8. The molecule has 1 amide bonds. The van der Waals surface area contributed by atoms with Crippen LogP contribution >= 0.6 is 0 Å². The topological polar surface area (TPSA) is 107 Å². The van der Waals surface area contributed by atoms with Crippen molar-refractivity contribution in [2.45, 2.75) is 57.2 Å². The highest BCUT2D eigenvalue weighted by atomic mass is 32.2. The quantitative estimate of drug-likeness (QED) is 0.408. The molecule has 8 nitrogen and oxygen atoms in total. The van der Waals surface area contributed by atoms with E-state index in [1.165, 1.54) is 13.8 Å². The largest absolute Gasteiger partial charge is 0.427 e. The van der Waals surface area contributed by atoms with Gasteiger partial charge in [0.25, 0.3) is 0 Å². The molecule has 130 valence electrons. The highest BCUT2D eigenvalue weighted by Crippen LogP contribution is 2.45. The average Bonchev–Trinajstić information content (AvgIpc) is 2.51. The lowest BCUT2D eigenvalue weighted by molar-refractivity contribution is -0.179. The number of carbonyl (C=O) groups excluding carboxylic acids is 3. The third-order valence-corrected chi connectivity index (χ3v) is 7.00. The first-order valence-electron chi connectivity index (χ1n) is 7.20. The van der Waals surface area contributed by atoms with Crippen molar-refractivity contribution in [3.63, 3.8) is 0 Å². The van der Waals surface area contributed by atoms with Gasteiger partial charge in [-0.1, -0.05) is 0 Å². The molecular formula is C14H21NO7S. The van der Waals surface area contributed by atoms with Crippen LogP contribution in [0.5, 0.6) is 0 Å². The number of sulfone groups is 1. The van der Waals surface area contributed by atoms with Crippen molar-refractivity contribution in [1.82, 2.24) is 4.90 Å². The van der Waals surface area contributed by atoms with E-state index >= 15 is 0 Å². The van der Waals surface area contributed by atoms with Gasteiger partial charge in [0.2, 0.25) is 12.7 Å². The van der Waals surface area contributed by atoms with Gasteiger partial charge in [0.15, 0.2) is 9.84 Å². The monoisotopic (exact) mass is 347 g/mol. The van der Waals surface area contributed by atoms with Crippen LogP contribution in [-0.2, 0) is 33.7 Å². The summed E-state index contributed by atoms with van der Waals surface area (Å²) in [5.74, 6) is -1.85. The van der Waals surface area contributed by atoms with Gasteiger partial charge in [-0.25, -0.2) is 13.2 Å². The highest BCUT2D eigenvalue weighted by Gasteiger charge is 2.68. The molecule has 2 heterocycles. The third-order valence-electron chi connectivity index (χ3n) is 4.20. The molecule has 23 heavy (non-hydrogen) atoms. The van der Waals surface area contributed by atoms with E-state index < -0.39 is 56.1 Å². The van der Waals surface area contributed by atoms with Crippen LogP contribution in [0.15, 0.2) is 0 Å². The lowest BCUT2D eigenvalue weighted by Gasteiger charge is -2.36. The van der Waals surface area contributed by atoms with Crippen molar-refractivity contribution in [1.29, 1.82) is 0 Å². The van der Waals surface area contributed by atoms with Crippen molar-refractivity contribution in [2.24, 2.45) is 5.41 Å². The van der Waals surface area contributed by atoms with E-state index in [4.69, 9.17) is 9.47 Å². The van der Waals surface area contributed by atoms with Crippen molar-refractivity contribution in [3.05, 3.63) is 0 Å². The number of amides is 1. The highest BCUT2D eigenvalue weighted by molar-refractivity contribution is 7.93. The van der Waals surface area contributed by atoms with Crippen molar-refractivity contribution in [3.8, 4) is 0 Å². The van der Waals surface area contributed by atoms with Crippen LogP contribution < -0.4 is 0 Å². The van der Waals surface area contributed by atoms with E-state index in [-0.39, 0.29) is 6.42 Å². The van der Waals surface area contributed by atoms with Crippen LogP contribution in [-0.4, -0.2) is 54.1 Å². The fraction of sp³-hybridized carbons (Fsp3) is 0.786. The van der Waals surface area contributed by atoms with E-state index in [1.807, 2.05) is 0 Å². The van der Waals surface area contributed by atoms with Crippen molar-refractivity contribution < 1.29 is 32.3 Å². The first kappa shape index (κ1) is 17.7. The zero-order valence-electron chi connectivity index (χ0n) is 13.8. The number of esters is 2. The van der Waals surface area contributed by atoms with Crippen molar-refractivity contribution in [2.75, 3.05) is 6.79 Å². The van der Waals surface area contributed by atoms with Gasteiger partial charge in [-0.15, -0.1) is 0 Å². The Labute approximate surface area is 135 Å². The van der Waals surface area contributed by atoms with Crippen LogP contribution in [0.4, 0.5) is 0 Å². The summed E-state index contributed by atoms with van der Waals surface area (Å²) in [7, 11) is -3.66. The molecule has 2 unspecified atom stereocenters. The fourth-order valence-electron chi connectivity index (χ4n) is 2.65. The predicted octanol–water partition coefficient (Wildman–Crippen LogP) is 0.210. The summed E-state index contributed by atoms with van der Waals surface area (Å²) in [6, 6.07) is -1.23. The molecule has 0 spiro atoms. The van der Waals surface area contributed by atoms with E-state index in [2.05, 4.69) is 0 Å². The summed E-state index contributed by atoms with van der Waals surface area (Å²) in [4.78, 5) is 36.6. The summed E-state index contributed by atoms with van der Waals surface area (Å²) in [5, 5.41) is -0.973. The van der Waals surface area contributed by atoms with Crippen molar-refractivity contribution >= 4 is 27.7 Å². The minimum absolute atomic E-state index is 0.117. The van der Waals surface area contributed by atoms with Crippen LogP contribution in [0.3, 0.4) is 0 Å². The summed E-state index contributed by atoms with van der Waals surface area (Å²) >= 11 is 0. The Morgan fingerprint density at radius 3 is 2.30 bits per heavy atom. The maximum absolute atomic E-state index is 12.4. The predicted molar refractivity (Wildman–Crippen MR) is 78.5 cm³/mol. The molecule has 2 aliphatic heterocycles. The first-order chi connectivity index (χ1) is 10.3. The molecule has 2 fully saturated rings.